The van der Waals surface area contributed by atoms with Crippen LogP contribution in [-0.4, -0.2) is 36.2 Å². The second-order valence-electron chi connectivity index (χ2n) is 6.06. The number of esters is 1. The van der Waals surface area contributed by atoms with Gasteiger partial charge in [0, 0.05) is 0 Å². The smallest absolute Gasteiger partial charge is 0.337 e. The molecule has 142 valence electrons. The molecule has 0 atom stereocenters. The Morgan fingerprint density at radius 1 is 1.11 bits per heavy atom. The summed E-state index contributed by atoms with van der Waals surface area (Å²) in [7, 11) is 1.27. The molecule has 0 unspecified atom stereocenters. The van der Waals surface area contributed by atoms with Crippen molar-refractivity contribution in [2.24, 2.45) is 0 Å². The SMILES string of the molecule is COC(=O)c1ccc(OC(C)C)c(NC(=O)Cc2ccccc2C(=O)O)c1. The Bertz CT molecular complexity index is 859. The number of hydrogen-bond donors (Lipinski definition) is 2. The molecule has 7 heteroatoms. The van der Waals surface area contributed by atoms with Crippen LogP contribution in [0.1, 0.15) is 40.1 Å². The van der Waals surface area contributed by atoms with Gasteiger partial charge in [-0.15, -0.1) is 0 Å². The first-order valence-corrected chi connectivity index (χ1v) is 8.32. The Morgan fingerprint density at radius 3 is 2.44 bits per heavy atom. The van der Waals surface area contributed by atoms with Gasteiger partial charge in [-0.05, 0) is 43.7 Å². The lowest BCUT2D eigenvalue weighted by Gasteiger charge is -2.16. The fraction of sp³-hybridized carbons (Fsp3) is 0.250. The Morgan fingerprint density at radius 2 is 1.81 bits per heavy atom. The number of rotatable bonds is 7. The van der Waals surface area contributed by atoms with Crippen LogP contribution in [0.4, 0.5) is 5.69 Å². The second kappa shape index (κ2) is 8.84. The van der Waals surface area contributed by atoms with Gasteiger partial charge in [-0.3, -0.25) is 4.79 Å². The predicted octanol–water partition coefficient (Wildman–Crippen LogP) is 3.14. The Labute approximate surface area is 156 Å². The number of amides is 1. The normalized spacial score (nSPS) is 10.4. The van der Waals surface area contributed by atoms with E-state index in [1.54, 1.807) is 30.3 Å². The van der Waals surface area contributed by atoms with Gasteiger partial charge in [-0.2, -0.15) is 0 Å². The van der Waals surface area contributed by atoms with Gasteiger partial charge in [-0.25, -0.2) is 9.59 Å². The van der Waals surface area contributed by atoms with Gasteiger partial charge >= 0.3 is 11.9 Å². The largest absolute Gasteiger partial charge is 0.489 e. The molecule has 0 spiro atoms. The standard InChI is InChI=1S/C20H21NO6/c1-12(2)27-17-9-8-14(20(25)26-3)10-16(17)21-18(22)11-13-6-4-5-7-15(13)19(23)24/h4-10,12H,11H2,1-3H3,(H,21,22)(H,23,24). The van der Waals surface area contributed by atoms with Crippen LogP contribution in [0, 0.1) is 0 Å². The molecule has 2 N–H and O–H groups in total. The average Bonchev–Trinajstić information content (AvgIpc) is 2.62. The van der Waals surface area contributed by atoms with E-state index in [-0.39, 0.29) is 23.7 Å². The van der Waals surface area contributed by atoms with E-state index in [1.807, 2.05) is 13.8 Å². The highest BCUT2D eigenvalue weighted by molar-refractivity contribution is 5.98. The van der Waals surface area contributed by atoms with Crippen molar-refractivity contribution in [2.45, 2.75) is 26.4 Å². The van der Waals surface area contributed by atoms with Crippen LogP contribution in [0.5, 0.6) is 5.75 Å². The molecule has 2 aromatic rings. The first-order chi connectivity index (χ1) is 12.8. The maximum absolute atomic E-state index is 12.5. The van der Waals surface area contributed by atoms with Crippen molar-refractivity contribution < 1.29 is 29.0 Å². The summed E-state index contributed by atoms with van der Waals surface area (Å²) < 4.78 is 10.4. The number of carbonyl (C=O) groups is 3. The molecule has 2 rings (SSSR count). The minimum absolute atomic E-state index is 0.0645. The third kappa shape index (κ3) is 5.31. The molecule has 0 aliphatic carbocycles. The van der Waals surface area contributed by atoms with E-state index in [0.717, 1.165) is 0 Å². The zero-order chi connectivity index (χ0) is 20.0. The summed E-state index contributed by atoms with van der Waals surface area (Å²) >= 11 is 0. The molecular formula is C20H21NO6. The molecule has 0 saturated carbocycles. The summed E-state index contributed by atoms with van der Waals surface area (Å²) in [6.07, 6.45) is -0.274. The summed E-state index contributed by atoms with van der Waals surface area (Å²) in [6, 6.07) is 10.9. The molecular weight excluding hydrogens is 350 g/mol. The summed E-state index contributed by atoms with van der Waals surface area (Å²) in [4.78, 5) is 35.5. The second-order valence-corrected chi connectivity index (χ2v) is 6.06. The molecule has 0 aliphatic rings. The van der Waals surface area contributed by atoms with E-state index in [4.69, 9.17) is 9.47 Å². The third-order valence-corrected chi connectivity index (χ3v) is 3.64. The highest BCUT2D eigenvalue weighted by Crippen LogP contribution is 2.27. The third-order valence-electron chi connectivity index (χ3n) is 3.64. The summed E-state index contributed by atoms with van der Waals surface area (Å²) in [5, 5.41) is 11.9. The van der Waals surface area contributed by atoms with Crippen molar-refractivity contribution in [1.29, 1.82) is 0 Å². The van der Waals surface area contributed by atoms with Crippen molar-refractivity contribution in [3.8, 4) is 5.75 Å². The maximum Gasteiger partial charge on any atom is 0.337 e. The number of carboxylic acids is 1. The van der Waals surface area contributed by atoms with Crippen LogP contribution in [0.15, 0.2) is 42.5 Å². The van der Waals surface area contributed by atoms with E-state index < -0.39 is 17.8 Å². The monoisotopic (exact) mass is 371 g/mol. The van der Waals surface area contributed by atoms with Crippen molar-refractivity contribution >= 4 is 23.5 Å². The van der Waals surface area contributed by atoms with Crippen LogP contribution in [0.25, 0.3) is 0 Å². The minimum atomic E-state index is -1.10. The number of benzene rings is 2. The average molecular weight is 371 g/mol. The fourth-order valence-corrected chi connectivity index (χ4v) is 2.48. The van der Waals surface area contributed by atoms with Crippen LogP contribution in [-0.2, 0) is 16.0 Å². The van der Waals surface area contributed by atoms with E-state index >= 15 is 0 Å². The summed E-state index contributed by atoms with van der Waals surface area (Å²) in [5.41, 5.74) is 1.02. The zero-order valence-corrected chi connectivity index (χ0v) is 15.3. The van der Waals surface area contributed by atoms with E-state index in [0.29, 0.717) is 17.0 Å². The van der Waals surface area contributed by atoms with E-state index in [1.165, 1.54) is 19.2 Å². The molecule has 0 bridgehead atoms. The summed E-state index contributed by atoms with van der Waals surface area (Å²) in [6.45, 7) is 3.67. The molecule has 1 amide bonds. The molecule has 0 heterocycles. The van der Waals surface area contributed by atoms with Crippen LogP contribution in [0.2, 0.25) is 0 Å². The van der Waals surface area contributed by atoms with Crippen LogP contribution in [0.3, 0.4) is 0 Å². The highest BCUT2D eigenvalue weighted by atomic mass is 16.5. The lowest BCUT2D eigenvalue weighted by molar-refractivity contribution is -0.115. The predicted molar refractivity (Wildman–Crippen MR) is 99.3 cm³/mol. The number of aromatic carboxylic acids is 1. The number of ether oxygens (including phenoxy) is 2. The number of carboxylic acid groups (broad SMARTS) is 1. The molecule has 0 aliphatic heterocycles. The van der Waals surface area contributed by atoms with Gasteiger partial charge in [0.25, 0.3) is 0 Å². The summed E-state index contributed by atoms with van der Waals surface area (Å²) in [5.74, 6) is -1.68. The van der Waals surface area contributed by atoms with E-state index in [9.17, 15) is 19.5 Å². The van der Waals surface area contributed by atoms with Crippen molar-refractivity contribution in [1.82, 2.24) is 0 Å². The first kappa shape index (κ1) is 20.0. The van der Waals surface area contributed by atoms with Gasteiger partial charge in [-0.1, -0.05) is 18.2 Å². The fourth-order valence-electron chi connectivity index (χ4n) is 2.48. The van der Waals surface area contributed by atoms with Gasteiger partial charge in [0.2, 0.25) is 5.91 Å². The Balaban J connectivity index is 2.27. The van der Waals surface area contributed by atoms with Gasteiger partial charge in [0.15, 0.2) is 0 Å². The maximum atomic E-state index is 12.5. The van der Waals surface area contributed by atoms with Crippen molar-refractivity contribution in [2.75, 3.05) is 12.4 Å². The topological polar surface area (TPSA) is 102 Å². The number of methoxy groups -OCH3 is 1. The van der Waals surface area contributed by atoms with E-state index in [2.05, 4.69) is 5.32 Å². The zero-order valence-electron chi connectivity index (χ0n) is 15.3. The van der Waals surface area contributed by atoms with Gasteiger partial charge in [0.05, 0.1) is 36.4 Å². The molecule has 7 nitrogen and oxygen atoms in total. The van der Waals surface area contributed by atoms with Crippen LogP contribution >= 0.6 is 0 Å². The highest BCUT2D eigenvalue weighted by Gasteiger charge is 2.16. The Kier molecular flexibility index (Phi) is 6.54. The molecule has 2 aromatic carbocycles. The van der Waals surface area contributed by atoms with Crippen molar-refractivity contribution in [3.05, 3.63) is 59.2 Å². The number of hydrogen-bond acceptors (Lipinski definition) is 5. The molecule has 27 heavy (non-hydrogen) atoms. The Hall–Kier alpha value is -3.35. The number of nitrogens with one attached hydrogen (secondary N) is 1. The van der Waals surface area contributed by atoms with Crippen LogP contribution < -0.4 is 10.1 Å². The molecule has 0 radical (unpaired) electrons. The first-order valence-electron chi connectivity index (χ1n) is 8.32. The lowest BCUT2D eigenvalue weighted by atomic mass is 10.0. The minimum Gasteiger partial charge on any atom is -0.489 e. The lowest BCUT2D eigenvalue weighted by Crippen LogP contribution is -2.18. The number of anilines is 1. The van der Waals surface area contributed by atoms with Gasteiger partial charge in [0.1, 0.15) is 5.75 Å². The molecule has 0 saturated heterocycles. The van der Waals surface area contributed by atoms with Gasteiger partial charge < -0.3 is 19.9 Å². The quantitative estimate of drug-likeness (QED) is 0.725. The molecule has 0 fully saturated rings. The number of carbonyl (C=O) groups excluding carboxylic acids is 2. The molecule has 0 aromatic heterocycles. The van der Waals surface area contributed by atoms with Crippen molar-refractivity contribution in [3.63, 3.8) is 0 Å².